The van der Waals surface area contributed by atoms with E-state index in [1.165, 1.54) is 19.3 Å². The Kier molecular flexibility index (Phi) is 1.33. The summed E-state index contributed by atoms with van der Waals surface area (Å²) in [5, 5.41) is 0. The fraction of sp³-hybridized carbons (Fsp3) is 0.538. The van der Waals surface area contributed by atoms with E-state index < -0.39 is 0 Å². The molecule has 0 amide bonds. The van der Waals surface area contributed by atoms with Gasteiger partial charge < -0.3 is 9.47 Å². The topological polar surface area (TPSA) is 18.5 Å². The Bertz CT molecular complexity index is 388. The first-order chi connectivity index (χ1) is 7.36. The van der Waals surface area contributed by atoms with Crippen molar-refractivity contribution in [3.63, 3.8) is 0 Å². The number of ether oxygens (including phenoxy) is 2. The molecule has 1 spiro atoms. The Labute approximate surface area is 89.2 Å². The van der Waals surface area contributed by atoms with Crippen molar-refractivity contribution in [1.82, 2.24) is 0 Å². The van der Waals surface area contributed by atoms with E-state index in [9.17, 15) is 0 Å². The molecule has 2 heteroatoms. The molecule has 1 aromatic rings. The Balaban J connectivity index is 1.74. The highest BCUT2D eigenvalue weighted by atomic mass is 16.7. The summed E-state index contributed by atoms with van der Waals surface area (Å²) >= 11 is 0. The van der Waals surface area contributed by atoms with Crippen LogP contribution in [0.25, 0.3) is 0 Å². The minimum atomic E-state index is -0.285. The van der Waals surface area contributed by atoms with Gasteiger partial charge in [-0.05, 0) is 37.3 Å². The quantitative estimate of drug-likeness (QED) is 0.644. The molecule has 3 aliphatic rings. The van der Waals surface area contributed by atoms with Gasteiger partial charge in [0.25, 0.3) is 5.79 Å². The average Bonchev–Trinajstić information content (AvgIpc) is 2.89. The maximum Gasteiger partial charge on any atom is 0.254 e. The van der Waals surface area contributed by atoms with Gasteiger partial charge in [0, 0.05) is 12.3 Å². The highest BCUT2D eigenvalue weighted by molar-refractivity contribution is 5.43. The minimum Gasteiger partial charge on any atom is -0.448 e. The molecule has 0 saturated heterocycles. The van der Waals surface area contributed by atoms with Gasteiger partial charge in [-0.1, -0.05) is 12.1 Å². The molecule has 15 heavy (non-hydrogen) atoms. The molecule has 2 saturated carbocycles. The zero-order valence-corrected chi connectivity index (χ0v) is 8.61. The lowest BCUT2D eigenvalue weighted by atomic mass is 9.94. The Hall–Kier alpha value is -1.18. The van der Waals surface area contributed by atoms with E-state index in [0.29, 0.717) is 5.92 Å². The zero-order valence-electron chi connectivity index (χ0n) is 8.61. The molecule has 0 unspecified atom stereocenters. The van der Waals surface area contributed by atoms with Crippen LogP contribution in [-0.2, 0) is 0 Å². The standard InChI is InChI=1S/C13H14O2/c1-2-4-12-11(3-1)14-13(15-12)8-9-5-6-10(13)7-9/h1-4,9-10H,5-8H2/t9-,10-/m0/s1. The fourth-order valence-electron chi connectivity index (χ4n) is 3.49. The smallest absolute Gasteiger partial charge is 0.254 e. The molecule has 0 N–H and O–H groups in total. The van der Waals surface area contributed by atoms with Crippen LogP contribution in [0.15, 0.2) is 24.3 Å². The second-order valence-corrected chi connectivity index (χ2v) is 5.04. The first-order valence-electron chi connectivity index (χ1n) is 5.83. The summed E-state index contributed by atoms with van der Waals surface area (Å²) in [6.07, 6.45) is 5.04. The summed E-state index contributed by atoms with van der Waals surface area (Å²) in [4.78, 5) is 0. The molecule has 1 aromatic carbocycles. The van der Waals surface area contributed by atoms with Gasteiger partial charge in [-0.15, -0.1) is 0 Å². The second-order valence-electron chi connectivity index (χ2n) is 5.04. The van der Waals surface area contributed by atoms with Crippen LogP contribution in [0.1, 0.15) is 25.7 Å². The lowest BCUT2D eigenvalue weighted by Gasteiger charge is -2.31. The van der Waals surface area contributed by atoms with Gasteiger partial charge in [-0.2, -0.15) is 0 Å². The van der Waals surface area contributed by atoms with Gasteiger partial charge in [0.05, 0.1) is 0 Å². The third-order valence-corrected chi connectivity index (χ3v) is 4.15. The van der Waals surface area contributed by atoms with E-state index in [1.54, 1.807) is 0 Å². The van der Waals surface area contributed by atoms with Crippen molar-refractivity contribution >= 4 is 0 Å². The largest absolute Gasteiger partial charge is 0.448 e. The number of benzene rings is 1. The van der Waals surface area contributed by atoms with Crippen LogP contribution in [0, 0.1) is 11.8 Å². The fourth-order valence-corrected chi connectivity index (χ4v) is 3.49. The first kappa shape index (κ1) is 8.03. The third kappa shape index (κ3) is 0.947. The minimum absolute atomic E-state index is 0.285. The van der Waals surface area contributed by atoms with Crippen molar-refractivity contribution in [1.29, 1.82) is 0 Å². The van der Waals surface area contributed by atoms with Crippen LogP contribution in [-0.4, -0.2) is 5.79 Å². The lowest BCUT2D eigenvalue weighted by molar-refractivity contribution is -0.120. The normalized spacial score (nSPS) is 33.9. The SMILES string of the molecule is c1ccc2c(c1)OC1(C[C@H]3CC[C@H]1C3)O2. The molecule has 2 aliphatic carbocycles. The maximum atomic E-state index is 6.07. The van der Waals surface area contributed by atoms with E-state index in [1.807, 2.05) is 24.3 Å². The summed E-state index contributed by atoms with van der Waals surface area (Å²) in [6, 6.07) is 8.04. The summed E-state index contributed by atoms with van der Waals surface area (Å²) in [7, 11) is 0. The highest BCUT2D eigenvalue weighted by Gasteiger charge is 2.57. The van der Waals surface area contributed by atoms with Gasteiger partial charge in [-0.25, -0.2) is 0 Å². The number of hydrogen-bond donors (Lipinski definition) is 0. The van der Waals surface area contributed by atoms with Crippen LogP contribution in [0.2, 0.25) is 0 Å². The van der Waals surface area contributed by atoms with Gasteiger partial charge in [0.15, 0.2) is 11.5 Å². The number of fused-ring (bicyclic) bond motifs is 4. The summed E-state index contributed by atoms with van der Waals surface area (Å²) < 4.78 is 12.1. The molecule has 2 fully saturated rings. The highest BCUT2D eigenvalue weighted by Crippen LogP contribution is 2.57. The second kappa shape index (κ2) is 2.49. The predicted molar refractivity (Wildman–Crippen MR) is 55.9 cm³/mol. The molecule has 1 heterocycles. The number of para-hydroxylation sites is 2. The Morgan fingerprint density at radius 1 is 1.07 bits per heavy atom. The molecule has 1 aliphatic heterocycles. The van der Waals surface area contributed by atoms with Gasteiger partial charge in [0.2, 0.25) is 0 Å². The zero-order chi connectivity index (χ0) is 9.88. The molecular weight excluding hydrogens is 188 g/mol. The number of rotatable bonds is 0. The van der Waals surface area contributed by atoms with Crippen molar-refractivity contribution in [3.8, 4) is 11.5 Å². The molecule has 2 atom stereocenters. The molecule has 0 aromatic heterocycles. The van der Waals surface area contributed by atoms with Crippen LogP contribution in [0.3, 0.4) is 0 Å². The molecule has 4 rings (SSSR count). The average molecular weight is 202 g/mol. The van der Waals surface area contributed by atoms with E-state index in [0.717, 1.165) is 23.8 Å². The van der Waals surface area contributed by atoms with Crippen LogP contribution in [0.5, 0.6) is 11.5 Å². The molecule has 78 valence electrons. The summed E-state index contributed by atoms with van der Waals surface area (Å²) in [5.41, 5.74) is 0. The Morgan fingerprint density at radius 3 is 2.33 bits per heavy atom. The third-order valence-electron chi connectivity index (χ3n) is 4.15. The summed E-state index contributed by atoms with van der Waals surface area (Å²) in [5.74, 6) is 3.04. The molecule has 0 radical (unpaired) electrons. The van der Waals surface area contributed by atoms with Crippen molar-refractivity contribution in [2.24, 2.45) is 11.8 Å². The molecular formula is C13H14O2. The van der Waals surface area contributed by atoms with Crippen molar-refractivity contribution in [3.05, 3.63) is 24.3 Å². The van der Waals surface area contributed by atoms with E-state index in [4.69, 9.17) is 9.47 Å². The van der Waals surface area contributed by atoms with Crippen LogP contribution < -0.4 is 9.47 Å². The first-order valence-corrected chi connectivity index (χ1v) is 5.83. The maximum absolute atomic E-state index is 6.07. The van der Waals surface area contributed by atoms with Gasteiger partial charge >= 0.3 is 0 Å². The van der Waals surface area contributed by atoms with Crippen LogP contribution >= 0.6 is 0 Å². The predicted octanol–water partition coefficient (Wildman–Crippen LogP) is 2.97. The Morgan fingerprint density at radius 2 is 1.80 bits per heavy atom. The summed E-state index contributed by atoms with van der Waals surface area (Å²) in [6.45, 7) is 0. The van der Waals surface area contributed by atoms with Crippen molar-refractivity contribution in [2.45, 2.75) is 31.5 Å². The monoisotopic (exact) mass is 202 g/mol. The van der Waals surface area contributed by atoms with Gasteiger partial charge in [-0.3, -0.25) is 0 Å². The van der Waals surface area contributed by atoms with Gasteiger partial charge in [0.1, 0.15) is 0 Å². The number of hydrogen-bond acceptors (Lipinski definition) is 2. The lowest BCUT2D eigenvalue weighted by Crippen LogP contribution is -2.43. The van der Waals surface area contributed by atoms with E-state index >= 15 is 0 Å². The van der Waals surface area contributed by atoms with Crippen LogP contribution in [0.4, 0.5) is 0 Å². The van der Waals surface area contributed by atoms with Crippen molar-refractivity contribution in [2.75, 3.05) is 0 Å². The molecule has 2 nitrogen and oxygen atoms in total. The van der Waals surface area contributed by atoms with Crippen molar-refractivity contribution < 1.29 is 9.47 Å². The molecule has 2 bridgehead atoms. The van der Waals surface area contributed by atoms with E-state index in [-0.39, 0.29) is 5.79 Å². The van der Waals surface area contributed by atoms with E-state index in [2.05, 4.69) is 0 Å².